The molecular weight excluding hydrogens is 339 g/mol. The molecule has 0 bridgehead atoms. The number of benzene rings is 1. The summed E-state index contributed by atoms with van der Waals surface area (Å²) < 4.78 is 38.6. The minimum Gasteiger partial charge on any atom is -0.340 e. The van der Waals surface area contributed by atoms with Gasteiger partial charge in [-0.05, 0) is 66.6 Å². The Bertz CT molecular complexity index is 752. The fraction of sp³-hybridized carbons (Fsp3) is 0.450. The van der Waals surface area contributed by atoms with Crippen molar-refractivity contribution in [2.75, 3.05) is 11.9 Å². The van der Waals surface area contributed by atoms with Crippen molar-refractivity contribution in [3.8, 4) is 0 Å². The molecule has 1 saturated carbocycles. The third-order valence-electron chi connectivity index (χ3n) is 4.55. The molecule has 3 nitrogen and oxygen atoms in total. The van der Waals surface area contributed by atoms with E-state index in [-0.39, 0.29) is 0 Å². The van der Waals surface area contributed by atoms with Gasteiger partial charge in [0.15, 0.2) is 0 Å². The molecule has 1 aromatic carbocycles. The average molecular weight is 363 g/mol. The van der Waals surface area contributed by atoms with E-state index in [2.05, 4.69) is 29.5 Å². The first-order valence-electron chi connectivity index (χ1n) is 8.96. The van der Waals surface area contributed by atoms with E-state index < -0.39 is 11.7 Å². The molecule has 2 aromatic rings. The molecule has 1 aromatic heterocycles. The molecule has 0 aliphatic heterocycles. The number of nitrogens with one attached hydrogen (secondary N) is 2. The average Bonchev–Trinajstić information content (AvgIpc) is 3.39. The van der Waals surface area contributed by atoms with Gasteiger partial charge in [-0.25, -0.2) is 4.98 Å². The van der Waals surface area contributed by atoms with Crippen LogP contribution in [0.25, 0.3) is 0 Å². The molecule has 1 aliphatic carbocycles. The molecule has 0 saturated heterocycles. The Labute approximate surface area is 152 Å². The third kappa shape index (κ3) is 4.97. The van der Waals surface area contributed by atoms with Gasteiger partial charge < -0.3 is 10.6 Å². The summed E-state index contributed by atoms with van der Waals surface area (Å²) in [7, 11) is 0. The van der Waals surface area contributed by atoms with Gasteiger partial charge in [0.05, 0.1) is 5.56 Å². The van der Waals surface area contributed by atoms with Gasteiger partial charge in [-0.3, -0.25) is 0 Å². The topological polar surface area (TPSA) is 37.0 Å². The molecule has 0 spiro atoms. The second-order valence-corrected chi connectivity index (χ2v) is 7.20. The fourth-order valence-electron chi connectivity index (χ4n) is 2.91. The monoisotopic (exact) mass is 363 g/mol. The standard InChI is InChI=1S/C20H24F3N3/c1-13(2)18-9-19(25-12-15(18)11-24-10-14-6-7-14)26-17-5-3-4-16(8-17)20(21,22)23/h3-5,8-9,12-14,24H,6-7,10-11H2,1-2H3,(H,25,26). The number of halogens is 3. The van der Waals surface area contributed by atoms with Crippen LogP contribution in [-0.2, 0) is 12.7 Å². The van der Waals surface area contributed by atoms with Gasteiger partial charge in [0.2, 0.25) is 0 Å². The van der Waals surface area contributed by atoms with E-state index >= 15 is 0 Å². The summed E-state index contributed by atoms with van der Waals surface area (Å²) in [5, 5.41) is 6.46. The van der Waals surface area contributed by atoms with Crippen LogP contribution in [0.3, 0.4) is 0 Å². The second-order valence-electron chi connectivity index (χ2n) is 7.20. The van der Waals surface area contributed by atoms with Crippen molar-refractivity contribution >= 4 is 11.5 Å². The zero-order valence-electron chi connectivity index (χ0n) is 15.0. The summed E-state index contributed by atoms with van der Waals surface area (Å²) in [6.45, 7) is 6.00. The molecule has 0 atom stereocenters. The molecule has 0 amide bonds. The molecule has 140 valence electrons. The smallest absolute Gasteiger partial charge is 0.340 e. The van der Waals surface area contributed by atoms with Gasteiger partial charge in [0.1, 0.15) is 5.82 Å². The predicted molar refractivity (Wildman–Crippen MR) is 97.5 cm³/mol. The number of anilines is 2. The molecule has 2 N–H and O–H groups in total. The van der Waals surface area contributed by atoms with Crippen LogP contribution in [0.15, 0.2) is 36.5 Å². The normalized spacial score (nSPS) is 14.7. The van der Waals surface area contributed by atoms with Gasteiger partial charge in [0, 0.05) is 18.4 Å². The van der Waals surface area contributed by atoms with Gasteiger partial charge in [-0.1, -0.05) is 19.9 Å². The maximum absolute atomic E-state index is 12.9. The maximum Gasteiger partial charge on any atom is 0.416 e. The highest BCUT2D eigenvalue weighted by Crippen LogP contribution is 2.32. The van der Waals surface area contributed by atoms with E-state index in [1.165, 1.54) is 18.9 Å². The number of nitrogens with zero attached hydrogens (tertiary/aromatic N) is 1. The van der Waals surface area contributed by atoms with Crippen LogP contribution in [0, 0.1) is 5.92 Å². The Balaban J connectivity index is 1.74. The highest BCUT2D eigenvalue weighted by molar-refractivity contribution is 5.58. The van der Waals surface area contributed by atoms with Crippen molar-refractivity contribution < 1.29 is 13.2 Å². The summed E-state index contributed by atoms with van der Waals surface area (Å²) in [5.74, 6) is 1.67. The predicted octanol–water partition coefficient (Wildman–Crippen LogP) is 5.47. The molecule has 26 heavy (non-hydrogen) atoms. The van der Waals surface area contributed by atoms with Crippen LogP contribution >= 0.6 is 0 Å². The first-order chi connectivity index (χ1) is 12.3. The van der Waals surface area contributed by atoms with Gasteiger partial charge in [0.25, 0.3) is 0 Å². The second kappa shape index (κ2) is 7.66. The van der Waals surface area contributed by atoms with Crippen molar-refractivity contribution in [1.82, 2.24) is 10.3 Å². The summed E-state index contributed by atoms with van der Waals surface area (Å²) in [4.78, 5) is 4.39. The molecule has 1 fully saturated rings. The SMILES string of the molecule is CC(C)c1cc(Nc2cccc(C(F)(F)F)c2)ncc1CNCC1CC1. The number of pyridine rings is 1. The van der Waals surface area contributed by atoms with E-state index in [1.807, 2.05) is 12.3 Å². The number of rotatable bonds is 7. The Morgan fingerprint density at radius 1 is 1.19 bits per heavy atom. The number of hydrogen-bond acceptors (Lipinski definition) is 3. The number of hydrogen-bond donors (Lipinski definition) is 2. The largest absolute Gasteiger partial charge is 0.416 e. The van der Waals surface area contributed by atoms with Crippen molar-refractivity contribution in [2.45, 2.75) is 45.3 Å². The van der Waals surface area contributed by atoms with E-state index in [0.29, 0.717) is 17.4 Å². The Morgan fingerprint density at radius 3 is 2.62 bits per heavy atom. The Kier molecular flexibility index (Phi) is 5.51. The molecule has 0 unspecified atom stereocenters. The van der Waals surface area contributed by atoms with E-state index in [1.54, 1.807) is 6.07 Å². The Hall–Kier alpha value is -2.08. The molecule has 1 aliphatic rings. The van der Waals surface area contributed by atoms with Crippen LogP contribution in [0.2, 0.25) is 0 Å². The molecule has 3 rings (SSSR count). The van der Waals surface area contributed by atoms with Gasteiger partial charge in [-0.2, -0.15) is 13.2 Å². The lowest BCUT2D eigenvalue weighted by Crippen LogP contribution is -2.18. The lowest BCUT2D eigenvalue weighted by Gasteiger charge is -2.16. The Morgan fingerprint density at radius 2 is 1.96 bits per heavy atom. The van der Waals surface area contributed by atoms with Crippen molar-refractivity contribution in [3.05, 3.63) is 53.2 Å². The number of alkyl halides is 3. The maximum atomic E-state index is 12.9. The van der Waals surface area contributed by atoms with Crippen LogP contribution in [-0.4, -0.2) is 11.5 Å². The first-order valence-corrected chi connectivity index (χ1v) is 8.96. The van der Waals surface area contributed by atoms with Crippen LogP contribution in [0.1, 0.15) is 49.3 Å². The van der Waals surface area contributed by atoms with E-state index in [0.717, 1.165) is 42.3 Å². The summed E-state index contributed by atoms with van der Waals surface area (Å²) in [6, 6.07) is 7.09. The third-order valence-corrected chi connectivity index (χ3v) is 4.55. The van der Waals surface area contributed by atoms with Crippen LogP contribution in [0.4, 0.5) is 24.7 Å². The van der Waals surface area contributed by atoms with E-state index in [9.17, 15) is 13.2 Å². The highest BCUT2D eigenvalue weighted by atomic mass is 19.4. The van der Waals surface area contributed by atoms with Gasteiger partial charge >= 0.3 is 6.18 Å². The van der Waals surface area contributed by atoms with Crippen molar-refractivity contribution in [2.24, 2.45) is 5.92 Å². The summed E-state index contributed by atoms with van der Waals surface area (Å²) >= 11 is 0. The van der Waals surface area contributed by atoms with Crippen molar-refractivity contribution in [1.29, 1.82) is 0 Å². The number of aromatic nitrogens is 1. The lowest BCUT2D eigenvalue weighted by molar-refractivity contribution is -0.137. The first kappa shape index (κ1) is 18.7. The zero-order valence-corrected chi connectivity index (χ0v) is 15.0. The van der Waals surface area contributed by atoms with Crippen LogP contribution < -0.4 is 10.6 Å². The molecule has 6 heteroatoms. The zero-order chi connectivity index (χ0) is 18.7. The lowest BCUT2D eigenvalue weighted by atomic mass is 9.99. The minimum atomic E-state index is -4.36. The molecular formula is C20H24F3N3. The fourth-order valence-corrected chi connectivity index (χ4v) is 2.91. The van der Waals surface area contributed by atoms with Gasteiger partial charge in [-0.15, -0.1) is 0 Å². The van der Waals surface area contributed by atoms with Crippen molar-refractivity contribution in [3.63, 3.8) is 0 Å². The van der Waals surface area contributed by atoms with Crippen LogP contribution in [0.5, 0.6) is 0 Å². The minimum absolute atomic E-state index is 0.304. The summed E-state index contributed by atoms with van der Waals surface area (Å²) in [6.07, 6.45) is 0.0702. The van der Waals surface area contributed by atoms with E-state index in [4.69, 9.17) is 0 Å². The summed E-state index contributed by atoms with van der Waals surface area (Å²) in [5.41, 5.74) is 1.99. The quantitative estimate of drug-likeness (QED) is 0.685. The molecule has 1 heterocycles. The highest BCUT2D eigenvalue weighted by Gasteiger charge is 2.30. The molecule has 0 radical (unpaired) electrons.